The minimum Gasteiger partial charge on any atom is -0.394 e. The van der Waals surface area contributed by atoms with Crippen LogP contribution in [0.1, 0.15) is 35.2 Å². The van der Waals surface area contributed by atoms with Gasteiger partial charge in [-0.2, -0.15) is 0 Å². The van der Waals surface area contributed by atoms with Gasteiger partial charge in [0.05, 0.1) is 39.8 Å². The zero-order valence-electron chi connectivity index (χ0n) is 20.7. The lowest BCUT2D eigenvalue weighted by Gasteiger charge is -2.38. The topological polar surface area (TPSA) is 124 Å². The van der Waals surface area contributed by atoms with Crippen molar-refractivity contribution in [1.29, 1.82) is 0 Å². The van der Waals surface area contributed by atoms with Crippen LogP contribution in [0.15, 0.2) is 36.5 Å². The Hall–Kier alpha value is -3.72. The van der Waals surface area contributed by atoms with E-state index in [0.717, 1.165) is 33.0 Å². The van der Waals surface area contributed by atoms with Gasteiger partial charge in [0.15, 0.2) is 23.3 Å². The van der Waals surface area contributed by atoms with E-state index < -0.39 is 48.4 Å². The maximum absolute atomic E-state index is 13.8. The number of aryl methyl sites for hydroxylation is 2. The van der Waals surface area contributed by atoms with Gasteiger partial charge in [-0.3, -0.25) is 4.57 Å². The van der Waals surface area contributed by atoms with Gasteiger partial charge in [0.2, 0.25) is 0 Å². The number of fused-ring (bicyclic) bond motifs is 1. The molecule has 1 fully saturated rings. The highest BCUT2D eigenvalue weighted by Gasteiger charge is 2.41. The molecule has 4 unspecified atom stereocenters. The van der Waals surface area contributed by atoms with Crippen LogP contribution in [0.25, 0.3) is 27.2 Å². The lowest BCUT2D eigenvalue weighted by Crippen LogP contribution is -2.45. The van der Waals surface area contributed by atoms with Crippen LogP contribution in [-0.4, -0.2) is 63.8 Å². The summed E-state index contributed by atoms with van der Waals surface area (Å²) in [5, 5.41) is 38.5. The van der Waals surface area contributed by atoms with E-state index in [9.17, 15) is 23.4 Å². The van der Waals surface area contributed by atoms with Crippen LogP contribution in [0.5, 0.6) is 0 Å². The Kier molecular flexibility index (Phi) is 6.41. The van der Waals surface area contributed by atoms with Crippen molar-refractivity contribution in [1.82, 2.24) is 34.7 Å². The predicted octanol–water partition coefficient (Wildman–Crippen LogP) is 3.59. The number of aliphatic hydroxyl groups excluding tert-OH is 2. The van der Waals surface area contributed by atoms with E-state index >= 15 is 0 Å². The molecule has 0 radical (unpaired) electrons. The summed E-state index contributed by atoms with van der Waals surface area (Å²) in [6.45, 7) is 3.26. The first-order valence-electron chi connectivity index (χ1n) is 12.0. The number of hydrogen-bond acceptors (Lipinski definition) is 9. The Bertz CT molecular complexity index is 1660. The summed E-state index contributed by atoms with van der Waals surface area (Å²) in [5.74, 6) is -3.21. The standard InChI is InChI=1S/C25H22F3N7O3S/c1-11-30-32-25(35(11)14-3-4-17-22(7-14)39-12(2)29-17)20-8-19(24(37)21(10-36)38-20)34-9-18(31-33-34)13-5-15(26)23(28)16(27)6-13/h3-7,9,19-21,24,36-37H,8,10H2,1-2H3. The number of rotatable bonds is 5. The third-order valence-corrected chi connectivity index (χ3v) is 7.69. The molecule has 1 aliphatic heterocycles. The molecule has 4 atom stereocenters. The van der Waals surface area contributed by atoms with Gasteiger partial charge in [0.1, 0.15) is 29.8 Å². The molecule has 0 aliphatic carbocycles. The van der Waals surface area contributed by atoms with Crippen molar-refractivity contribution in [3.05, 3.63) is 70.6 Å². The van der Waals surface area contributed by atoms with Crippen LogP contribution in [0, 0.1) is 31.3 Å². The van der Waals surface area contributed by atoms with E-state index in [0.29, 0.717) is 11.6 Å². The first-order chi connectivity index (χ1) is 18.7. The van der Waals surface area contributed by atoms with Gasteiger partial charge in [-0.1, -0.05) is 5.21 Å². The zero-order valence-corrected chi connectivity index (χ0v) is 21.5. The van der Waals surface area contributed by atoms with Gasteiger partial charge < -0.3 is 14.9 Å². The zero-order chi connectivity index (χ0) is 27.4. The Morgan fingerprint density at radius 3 is 2.59 bits per heavy atom. The summed E-state index contributed by atoms with van der Waals surface area (Å²) < 4.78 is 51.2. The quantitative estimate of drug-likeness (QED) is 0.314. The molecule has 0 bridgehead atoms. The van der Waals surface area contributed by atoms with Crippen LogP contribution in [-0.2, 0) is 4.74 Å². The first-order valence-corrected chi connectivity index (χ1v) is 12.9. The molecule has 6 rings (SSSR count). The molecule has 14 heteroatoms. The van der Waals surface area contributed by atoms with Crippen LogP contribution in [0.3, 0.4) is 0 Å². The van der Waals surface area contributed by atoms with E-state index in [1.807, 2.05) is 36.6 Å². The molecule has 0 spiro atoms. The largest absolute Gasteiger partial charge is 0.394 e. The molecule has 2 aromatic carbocycles. The molecule has 202 valence electrons. The highest BCUT2D eigenvalue weighted by Crippen LogP contribution is 2.38. The SMILES string of the molecule is Cc1nc2ccc(-n3c(C)nnc3C3CC(n4cc(-c5cc(F)c(F)c(F)c5)nn4)C(O)C(CO)O3)cc2s1. The molecular formula is C25H22F3N7O3S. The molecule has 5 aromatic rings. The molecule has 3 aromatic heterocycles. The average molecular weight is 558 g/mol. The summed E-state index contributed by atoms with van der Waals surface area (Å²) in [5.41, 5.74) is 1.75. The normalized spacial score (nSPS) is 21.6. The lowest BCUT2D eigenvalue weighted by molar-refractivity contribution is -0.161. The third-order valence-electron chi connectivity index (χ3n) is 6.75. The second-order valence-corrected chi connectivity index (χ2v) is 10.5. The molecule has 10 nitrogen and oxygen atoms in total. The molecule has 2 N–H and O–H groups in total. The van der Waals surface area contributed by atoms with Crippen molar-refractivity contribution < 1.29 is 28.1 Å². The maximum Gasteiger partial charge on any atom is 0.194 e. The van der Waals surface area contributed by atoms with Crippen LogP contribution >= 0.6 is 11.3 Å². The van der Waals surface area contributed by atoms with Gasteiger partial charge in [-0.05, 0) is 44.2 Å². The number of aliphatic hydroxyl groups is 2. The van der Waals surface area contributed by atoms with Crippen molar-refractivity contribution in [2.24, 2.45) is 0 Å². The molecule has 4 heterocycles. The van der Waals surface area contributed by atoms with E-state index in [-0.39, 0.29) is 17.7 Å². The second-order valence-electron chi connectivity index (χ2n) is 9.30. The minimum atomic E-state index is -1.58. The first kappa shape index (κ1) is 25.6. The predicted molar refractivity (Wildman–Crippen MR) is 134 cm³/mol. The number of aromatic nitrogens is 7. The highest BCUT2D eigenvalue weighted by molar-refractivity contribution is 7.18. The smallest absolute Gasteiger partial charge is 0.194 e. The van der Waals surface area contributed by atoms with Crippen LogP contribution in [0.4, 0.5) is 13.2 Å². The Labute approximate surface area is 223 Å². The third kappa shape index (κ3) is 4.48. The van der Waals surface area contributed by atoms with Crippen molar-refractivity contribution in [3.8, 4) is 16.9 Å². The number of benzene rings is 2. The fraction of sp³-hybridized carbons (Fsp3) is 0.320. The number of hydrogen-bond donors (Lipinski definition) is 2. The van der Waals surface area contributed by atoms with Crippen molar-refractivity contribution in [3.63, 3.8) is 0 Å². The van der Waals surface area contributed by atoms with Gasteiger partial charge in [-0.15, -0.1) is 26.6 Å². The Morgan fingerprint density at radius 1 is 1.08 bits per heavy atom. The molecule has 0 amide bonds. The van der Waals surface area contributed by atoms with Crippen molar-refractivity contribution in [2.75, 3.05) is 6.61 Å². The number of ether oxygens (including phenoxy) is 1. The van der Waals surface area contributed by atoms with E-state index in [1.165, 1.54) is 10.9 Å². The van der Waals surface area contributed by atoms with Gasteiger partial charge in [-0.25, -0.2) is 22.8 Å². The van der Waals surface area contributed by atoms with E-state index in [2.05, 4.69) is 25.5 Å². The minimum absolute atomic E-state index is 0.0153. The summed E-state index contributed by atoms with van der Waals surface area (Å²) in [6, 6.07) is 6.71. The highest BCUT2D eigenvalue weighted by atomic mass is 32.1. The summed E-state index contributed by atoms with van der Waals surface area (Å²) in [6.07, 6.45) is -1.31. The Balaban J connectivity index is 1.35. The summed E-state index contributed by atoms with van der Waals surface area (Å²) >= 11 is 1.57. The second kappa shape index (κ2) is 9.79. The number of thiazole rings is 1. The molecular weight excluding hydrogens is 535 g/mol. The molecule has 1 aliphatic rings. The maximum atomic E-state index is 13.8. The van der Waals surface area contributed by atoms with E-state index in [1.54, 1.807) is 11.3 Å². The summed E-state index contributed by atoms with van der Waals surface area (Å²) in [7, 11) is 0. The molecule has 1 saturated heterocycles. The number of halogens is 3. The molecule has 39 heavy (non-hydrogen) atoms. The number of nitrogens with zero attached hydrogens (tertiary/aromatic N) is 7. The van der Waals surface area contributed by atoms with Crippen LogP contribution < -0.4 is 0 Å². The monoisotopic (exact) mass is 557 g/mol. The van der Waals surface area contributed by atoms with E-state index in [4.69, 9.17) is 4.74 Å². The molecule has 0 saturated carbocycles. The van der Waals surface area contributed by atoms with Gasteiger partial charge in [0, 0.05) is 12.0 Å². The van der Waals surface area contributed by atoms with Crippen molar-refractivity contribution in [2.45, 2.75) is 44.6 Å². The van der Waals surface area contributed by atoms with Crippen LogP contribution in [0.2, 0.25) is 0 Å². The lowest BCUT2D eigenvalue weighted by atomic mass is 9.95. The van der Waals surface area contributed by atoms with Crippen molar-refractivity contribution >= 4 is 21.6 Å². The van der Waals surface area contributed by atoms with Gasteiger partial charge in [0.25, 0.3) is 0 Å². The Morgan fingerprint density at radius 2 is 1.85 bits per heavy atom. The van der Waals surface area contributed by atoms with Gasteiger partial charge >= 0.3 is 0 Å². The fourth-order valence-corrected chi connectivity index (χ4v) is 5.74. The average Bonchev–Trinajstić information content (AvgIpc) is 3.64. The fourth-order valence-electron chi connectivity index (χ4n) is 4.88. The summed E-state index contributed by atoms with van der Waals surface area (Å²) in [4.78, 5) is 4.50.